The van der Waals surface area contributed by atoms with Crippen LogP contribution < -0.4 is 10.5 Å². The maximum atomic E-state index is 12.4. The molecule has 140 valence electrons. The largest absolute Gasteiger partial charge is 0.343 e. The molecule has 1 atom stereocenters. The first kappa shape index (κ1) is 20.1. The first-order valence-electron chi connectivity index (χ1n) is 8.34. The van der Waals surface area contributed by atoms with E-state index in [4.69, 9.17) is 5.73 Å². The zero-order valence-corrected chi connectivity index (χ0v) is 16.1. The van der Waals surface area contributed by atoms with Gasteiger partial charge in [-0.05, 0) is 31.5 Å². The van der Waals surface area contributed by atoms with E-state index in [0.29, 0.717) is 0 Å². The van der Waals surface area contributed by atoms with Crippen molar-refractivity contribution in [3.8, 4) is 0 Å². The number of hydrogen-bond acceptors (Lipinski definition) is 4. The molecule has 0 fully saturated rings. The molecule has 0 aromatic heterocycles. The quantitative estimate of drug-likeness (QED) is 0.771. The predicted molar refractivity (Wildman–Crippen MR) is 102 cm³/mol. The molecule has 0 heterocycles. The van der Waals surface area contributed by atoms with E-state index in [1.54, 1.807) is 31.3 Å². The molecule has 0 bridgehead atoms. The minimum atomic E-state index is -3.59. The summed E-state index contributed by atoms with van der Waals surface area (Å²) < 4.78 is 27.0. The summed E-state index contributed by atoms with van der Waals surface area (Å²) in [5.41, 5.74) is 8.83. The SMILES string of the molecule is Cc1ccc(C(N)C(=O)N(C)CCNS(=O)(=O)c2ccc(C)cc2)cc1. The molecule has 0 aliphatic carbocycles. The Labute approximate surface area is 155 Å². The second-order valence-electron chi connectivity index (χ2n) is 6.36. The molecule has 6 nitrogen and oxygen atoms in total. The highest BCUT2D eigenvalue weighted by Gasteiger charge is 2.20. The predicted octanol–water partition coefficient (Wildman–Crippen LogP) is 1.74. The Hall–Kier alpha value is -2.22. The van der Waals surface area contributed by atoms with E-state index in [0.717, 1.165) is 16.7 Å². The van der Waals surface area contributed by atoms with Crippen molar-refractivity contribution in [3.05, 3.63) is 65.2 Å². The van der Waals surface area contributed by atoms with Crippen LogP contribution in [0, 0.1) is 13.8 Å². The summed E-state index contributed by atoms with van der Waals surface area (Å²) in [7, 11) is -1.99. The van der Waals surface area contributed by atoms with E-state index < -0.39 is 16.1 Å². The molecule has 0 spiro atoms. The molecule has 0 aliphatic rings. The Morgan fingerprint density at radius 3 is 2.08 bits per heavy atom. The number of carbonyl (C=O) groups excluding carboxylic acids is 1. The van der Waals surface area contributed by atoms with Gasteiger partial charge in [0.25, 0.3) is 0 Å². The summed E-state index contributed by atoms with van der Waals surface area (Å²) in [4.78, 5) is 14.1. The van der Waals surface area contributed by atoms with Crippen molar-refractivity contribution in [1.82, 2.24) is 9.62 Å². The van der Waals surface area contributed by atoms with Crippen LogP contribution in [0.25, 0.3) is 0 Å². The first-order valence-corrected chi connectivity index (χ1v) is 9.82. The van der Waals surface area contributed by atoms with Crippen LogP contribution in [-0.4, -0.2) is 39.4 Å². The maximum Gasteiger partial charge on any atom is 0.243 e. The number of benzene rings is 2. The van der Waals surface area contributed by atoms with E-state index in [2.05, 4.69) is 4.72 Å². The third kappa shape index (κ3) is 5.14. The number of hydrogen-bond donors (Lipinski definition) is 2. The summed E-state index contributed by atoms with van der Waals surface area (Å²) in [6, 6.07) is 13.3. The van der Waals surface area contributed by atoms with Crippen molar-refractivity contribution in [3.63, 3.8) is 0 Å². The average Bonchev–Trinajstić information content (AvgIpc) is 2.61. The molecule has 3 N–H and O–H groups in total. The normalized spacial score (nSPS) is 12.6. The minimum absolute atomic E-state index is 0.110. The standard InChI is InChI=1S/C19H25N3O3S/c1-14-4-8-16(9-5-14)18(20)19(23)22(3)13-12-21-26(24,25)17-10-6-15(2)7-11-17/h4-11,18,21H,12-13,20H2,1-3H3. The Bertz CT molecular complexity index is 847. The molecule has 0 radical (unpaired) electrons. The molecule has 1 amide bonds. The van der Waals surface area contributed by atoms with Gasteiger partial charge in [-0.15, -0.1) is 0 Å². The van der Waals surface area contributed by atoms with Crippen LogP contribution >= 0.6 is 0 Å². The second kappa shape index (κ2) is 8.44. The highest BCUT2D eigenvalue weighted by molar-refractivity contribution is 7.89. The third-order valence-electron chi connectivity index (χ3n) is 4.15. The van der Waals surface area contributed by atoms with Gasteiger partial charge in [-0.2, -0.15) is 0 Å². The van der Waals surface area contributed by atoms with Gasteiger partial charge >= 0.3 is 0 Å². The van der Waals surface area contributed by atoms with Gasteiger partial charge in [-0.3, -0.25) is 4.79 Å². The van der Waals surface area contributed by atoms with Crippen LogP contribution in [0.5, 0.6) is 0 Å². The molecule has 2 rings (SSSR count). The van der Waals surface area contributed by atoms with Crippen molar-refractivity contribution in [2.24, 2.45) is 5.73 Å². The molecule has 2 aromatic rings. The minimum Gasteiger partial charge on any atom is -0.343 e. The van der Waals surface area contributed by atoms with Gasteiger partial charge in [0.15, 0.2) is 0 Å². The smallest absolute Gasteiger partial charge is 0.243 e. The molecular weight excluding hydrogens is 350 g/mol. The average molecular weight is 375 g/mol. The topological polar surface area (TPSA) is 92.5 Å². The van der Waals surface area contributed by atoms with Crippen molar-refractivity contribution in [2.45, 2.75) is 24.8 Å². The fourth-order valence-electron chi connectivity index (χ4n) is 2.41. The number of likely N-dealkylation sites (N-methyl/N-ethyl adjacent to an activating group) is 1. The van der Waals surface area contributed by atoms with Crippen molar-refractivity contribution >= 4 is 15.9 Å². The summed E-state index contributed by atoms with van der Waals surface area (Å²) in [5.74, 6) is -0.261. The summed E-state index contributed by atoms with van der Waals surface area (Å²) >= 11 is 0. The molecule has 1 unspecified atom stereocenters. The van der Waals surface area contributed by atoms with Crippen LogP contribution in [0.3, 0.4) is 0 Å². The highest BCUT2D eigenvalue weighted by Crippen LogP contribution is 2.14. The van der Waals surface area contributed by atoms with E-state index in [-0.39, 0.29) is 23.9 Å². The van der Waals surface area contributed by atoms with Crippen LogP contribution in [-0.2, 0) is 14.8 Å². The maximum absolute atomic E-state index is 12.4. The van der Waals surface area contributed by atoms with E-state index in [1.807, 2.05) is 38.1 Å². The number of nitrogens with one attached hydrogen (secondary N) is 1. The number of sulfonamides is 1. The molecule has 0 saturated heterocycles. The first-order chi connectivity index (χ1) is 12.2. The Morgan fingerprint density at radius 1 is 1.04 bits per heavy atom. The fourth-order valence-corrected chi connectivity index (χ4v) is 3.43. The van der Waals surface area contributed by atoms with Crippen molar-refractivity contribution in [1.29, 1.82) is 0 Å². The summed E-state index contributed by atoms with van der Waals surface area (Å²) in [6.07, 6.45) is 0. The molecular formula is C19H25N3O3S. The monoisotopic (exact) mass is 375 g/mol. The van der Waals surface area contributed by atoms with Gasteiger partial charge in [0.1, 0.15) is 6.04 Å². The van der Waals surface area contributed by atoms with Crippen molar-refractivity contribution < 1.29 is 13.2 Å². The molecule has 2 aromatic carbocycles. The lowest BCUT2D eigenvalue weighted by atomic mass is 10.1. The van der Waals surface area contributed by atoms with Crippen molar-refractivity contribution in [2.75, 3.05) is 20.1 Å². The highest BCUT2D eigenvalue weighted by atomic mass is 32.2. The Balaban J connectivity index is 1.91. The number of nitrogens with two attached hydrogens (primary N) is 1. The Morgan fingerprint density at radius 2 is 1.54 bits per heavy atom. The molecule has 0 aliphatic heterocycles. The number of nitrogens with zero attached hydrogens (tertiary/aromatic N) is 1. The lowest BCUT2D eigenvalue weighted by Crippen LogP contribution is -2.40. The van der Waals surface area contributed by atoms with E-state index in [1.165, 1.54) is 4.90 Å². The van der Waals surface area contributed by atoms with Gasteiger partial charge in [-0.25, -0.2) is 13.1 Å². The zero-order valence-electron chi connectivity index (χ0n) is 15.3. The molecule has 26 heavy (non-hydrogen) atoms. The van der Waals surface area contributed by atoms with E-state index >= 15 is 0 Å². The summed E-state index contributed by atoms with van der Waals surface area (Å²) in [6.45, 7) is 4.19. The third-order valence-corrected chi connectivity index (χ3v) is 5.63. The summed E-state index contributed by atoms with van der Waals surface area (Å²) in [5, 5.41) is 0. The van der Waals surface area contributed by atoms with Gasteiger partial charge in [0, 0.05) is 20.1 Å². The van der Waals surface area contributed by atoms with Gasteiger partial charge in [0.2, 0.25) is 15.9 Å². The second-order valence-corrected chi connectivity index (χ2v) is 8.13. The number of rotatable bonds is 7. The van der Waals surface area contributed by atoms with Crippen LogP contribution in [0.4, 0.5) is 0 Å². The van der Waals surface area contributed by atoms with E-state index in [9.17, 15) is 13.2 Å². The van der Waals surface area contributed by atoms with Gasteiger partial charge in [0.05, 0.1) is 4.90 Å². The van der Waals surface area contributed by atoms with Gasteiger partial charge in [-0.1, -0.05) is 47.5 Å². The zero-order chi connectivity index (χ0) is 19.3. The van der Waals surface area contributed by atoms with Gasteiger partial charge < -0.3 is 10.6 Å². The number of amides is 1. The Kier molecular flexibility index (Phi) is 6.52. The fraction of sp³-hybridized carbons (Fsp3) is 0.316. The molecule has 7 heteroatoms. The van der Waals surface area contributed by atoms with Crippen LogP contribution in [0.1, 0.15) is 22.7 Å². The lowest BCUT2D eigenvalue weighted by molar-refractivity contribution is -0.131. The number of aryl methyl sites for hydroxylation is 2. The molecule has 0 saturated carbocycles. The number of carbonyl (C=O) groups is 1. The van der Waals surface area contributed by atoms with Crippen LogP contribution in [0.15, 0.2) is 53.4 Å². The lowest BCUT2D eigenvalue weighted by Gasteiger charge is -2.22. The van der Waals surface area contributed by atoms with Crippen LogP contribution in [0.2, 0.25) is 0 Å².